The van der Waals surface area contributed by atoms with Crippen molar-refractivity contribution in [2.75, 3.05) is 25.4 Å². The van der Waals surface area contributed by atoms with E-state index in [-0.39, 0.29) is 12.2 Å². The molecule has 1 heterocycles. The van der Waals surface area contributed by atoms with E-state index in [9.17, 15) is 33.6 Å². The molecular formula is C36H51Cl3N6O11S. The fourth-order valence-corrected chi connectivity index (χ4v) is 6.16. The zero-order valence-corrected chi connectivity index (χ0v) is 36.0. The third-order valence-electron chi connectivity index (χ3n) is 7.58. The molecule has 0 fully saturated rings. The number of H-pyrrole nitrogens is 1. The molecule has 5 amide bonds. The van der Waals surface area contributed by atoms with Crippen molar-refractivity contribution in [3.05, 3.63) is 29.8 Å². The van der Waals surface area contributed by atoms with Crippen LogP contribution in [0.15, 0.2) is 29.3 Å². The Morgan fingerprint density at radius 3 is 2.00 bits per heavy atom. The Bertz CT molecular complexity index is 1760. The molecule has 0 bridgehead atoms. The summed E-state index contributed by atoms with van der Waals surface area (Å²) < 4.78 is 14.0. The Morgan fingerprint density at radius 1 is 0.825 bits per heavy atom. The summed E-state index contributed by atoms with van der Waals surface area (Å²) in [5, 5.41) is 22.3. The number of esters is 1. The van der Waals surface area contributed by atoms with Gasteiger partial charge in [-0.15, -0.1) is 11.8 Å². The van der Waals surface area contributed by atoms with Crippen molar-refractivity contribution in [3.63, 3.8) is 0 Å². The maximum absolute atomic E-state index is 13.7. The van der Waals surface area contributed by atoms with Gasteiger partial charge in [0.2, 0.25) is 21.5 Å². The molecule has 17 nitrogen and oxygen atoms in total. The number of carboxylic acid groups (broad SMARTS) is 1. The summed E-state index contributed by atoms with van der Waals surface area (Å²) in [5.74, 6) is -4.78. The van der Waals surface area contributed by atoms with E-state index in [0.29, 0.717) is 27.9 Å². The highest BCUT2D eigenvalue weighted by molar-refractivity contribution is 7.99. The molecule has 0 saturated carbocycles. The van der Waals surface area contributed by atoms with Crippen LogP contribution in [0, 0.1) is 5.92 Å². The third-order valence-corrected chi connectivity index (χ3v) is 9.05. The average Bonchev–Trinajstić information content (AvgIpc) is 3.43. The van der Waals surface area contributed by atoms with E-state index in [1.807, 2.05) is 0 Å². The number of rotatable bonds is 18. The fraction of sp³-hybridized carbons (Fsp3) is 0.583. The molecule has 0 spiro atoms. The maximum atomic E-state index is 13.7. The molecule has 0 aliphatic heterocycles. The SMILES string of the molecule is CC[C@H](C)[C@H](NC(=O)CNC(=O)[C@H](Cc1c(SC[C@H](NC(=O)OC(C)(C)C)C(=O)OC(C)(C)C)[nH]c2ccccc12)NC(=O)OCC(Cl)(Cl)Cl)C(=O)NCC(=O)O. The summed E-state index contributed by atoms with van der Waals surface area (Å²) in [6.45, 7) is 11.6. The molecule has 1 aromatic carbocycles. The Balaban J connectivity index is 2.43. The predicted molar refractivity (Wildman–Crippen MR) is 215 cm³/mol. The van der Waals surface area contributed by atoms with Crippen molar-refractivity contribution in [1.82, 2.24) is 31.6 Å². The Kier molecular flexibility index (Phi) is 18.6. The number of amides is 5. The number of ether oxygens (including phenoxy) is 3. The highest BCUT2D eigenvalue weighted by Crippen LogP contribution is 2.32. The van der Waals surface area contributed by atoms with E-state index in [1.165, 1.54) is 0 Å². The molecule has 7 N–H and O–H groups in total. The quantitative estimate of drug-likeness (QED) is 0.0479. The predicted octanol–water partition coefficient (Wildman–Crippen LogP) is 4.35. The van der Waals surface area contributed by atoms with Crippen LogP contribution in [0.5, 0.6) is 0 Å². The van der Waals surface area contributed by atoms with E-state index in [2.05, 4.69) is 31.6 Å². The number of nitrogens with one attached hydrogen (secondary N) is 6. The van der Waals surface area contributed by atoms with E-state index in [1.54, 1.807) is 79.7 Å². The normalized spacial score (nSPS) is 13.9. The molecule has 318 valence electrons. The number of fused-ring (bicyclic) bond motifs is 1. The van der Waals surface area contributed by atoms with Gasteiger partial charge in [0.25, 0.3) is 0 Å². The first-order valence-corrected chi connectivity index (χ1v) is 19.9. The number of carbonyl (C=O) groups excluding carboxylic acids is 6. The van der Waals surface area contributed by atoms with Crippen molar-refractivity contribution in [1.29, 1.82) is 0 Å². The first-order chi connectivity index (χ1) is 26.3. The van der Waals surface area contributed by atoms with Gasteiger partial charge in [-0.1, -0.05) is 73.3 Å². The van der Waals surface area contributed by atoms with Crippen molar-refractivity contribution in [2.24, 2.45) is 5.92 Å². The molecule has 0 saturated heterocycles. The van der Waals surface area contributed by atoms with Gasteiger partial charge >= 0.3 is 24.1 Å². The molecule has 0 unspecified atom stereocenters. The molecule has 4 atom stereocenters. The molecule has 0 radical (unpaired) electrons. The van der Waals surface area contributed by atoms with Gasteiger partial charge in [0.1, 0.15) is 42.5 Å². The largest absolute Gasteiger partial charge is 0.480 e. The van der Waals surface area contributed by atoms with Crippen LogP contribution in [-0.4, -0.2) is 111 Å². The van der Waals surface area contributed by atoms with Crippen molar-refractivity contribution >= 4 is 99.3 Å². The number of alkyl carbamates (subject to hydrolysis) is 2. The molecule has 57 heavy (non-hydrogen) atoms. The molecular weight excluding hydrogens is 831 g/mol. The number of carboxylic acids is 1. The van der Waals surface area contributed by atoms with Crippen LogP contribution in [0.4, 0.5) is 9.59 Å². The Morgan fingerprint density at radius 2 is 1.42 bits per heavy atom. The standard InChI is InChI=1S/C36H51Cl3N6O11S/c1-9-19(2)27(29(50)41-16-26(47)48)45-25(46)15-40-28(49)23(43-32(52)54-18-36(37,38)39)14-21-20-12-10-11-13-22(20)42-30(21)57-17-24(31(51)55-34(3,4)5)44-33(53)56-35(6,7)8/h10-13,19,23-24,27,42H,9,14-18H2,1-8H3,(H,40,49)(H,41,50)(H,43,52)(H,44,53)(H,45,46)(H,47,48)/t19-,23-,24-,27-/m0/s1. The first kappa shape index (κ1) is 49.0. The number of para-hydroxylation sites is 1. The smallest absolute Gasteiger partial charge is 0.408 e. The van der Waals surface area contributed by atoms with E-state index in [4.69, 9.17) is 54.1 Å². The molecule has 0 aliphatic rings. The van der Waals surface area contributed by atoms with Crippen LogP contribution >= 0.6 is 46.6 Å². The fourth-order valence-electron chi connectivity index (χ4n) is 4.89. The van der Waals surface area contributed by atoms with Gasteiger partial charge in [-0.25, -0.2) is 14.4 Å². The molecule has 21 heteroatoms. The topological polar surface area (TPSA) is 243 Å². The molecule has 0 aliphatic carbocycles. The van der Waals surface area contributed by atoms with Gasteiger partial charge in [0.05, 0.1) is 11.6 Å². The summed E-state index contributed by atoms with van der Waals surface area (Å²) in [6, 6.07) is 3.37. The van der Waals surface area contributed by atoms with Crippen molar-refractivity contribution in [2.45, 2.75) is 106 Å². The minimum atomic E-state index is -1.96. The number of benzene rings is 1. The lowest BCUT2D eigenvalue weighted by molar-refractivity contribution is -0.156. The van der Waals surface area contributed by atoms with Crippen LogP contribution < -0.4 is 26.6 Å². The zero-order chi connectivity index (χ0) is 43.3. The van der Waals surface area contributed by atoms with Gasteiger partial charge in [-0.05, 0) is 59.1 Å². The number of aliphatic carboxylic acids is 1. The van der Waals surface area contributed by atoms with Gasteiger partial charge < -0.3 is 50.9 Å². The second-order valence-corrected chi connectivity index (χ2v) is 18.4. The lowest BCUT2D eigenvalue weighted by Crippen LogP contribution is -2.54. The van der Waals surface area contributed by atoms with Crippen LogP contribution in [0.3, 0.4) is 0 Å². The minimum absolute atomic E-state index is 0.0544. The summed E-state index contributed by atoms with van der Waals surface area (Å²) in [6.07, 6.45) is -1.71. The van der Waals surface area contributed by atoms with Gasteiger partial charge in [-0.3, -0.25) is 19.2 Å². The number of carbonyl (C=O) groups is 7. The highest BCUT2D eigenvalue weighted by Gasteiger charge is 2.32. The second-order valence-electron chi connectivity index (χ2n) is 14.9. The number of thioether (sulfide) groups is 1. The molecule has 1 aromatic heterocycles. The van der Waals surface area contributed by atoms with E-state index >= 15 is 0 Å². The highest BCUT2D eigenvalue weighted by atomic mass is 35.6. The van der Waals surface area contributed by atoms with Gasteiger partial charge in [0, 0.05) is 23.1 Å². The van der Waals surface area contributed by atoms with Crippen LogP contribution in [0.25, 0.3) is 10.9 Å². The first-order valence-electron chi connectivity index (χ1n) is 17.8. The van der Waals surface area contributed by atoms with Crippen molar-refractivity contribution in [3.8, 4) is 0 Å². The Hall–Kier alpha value is -4.13. The minimum Gasteiger partial charge on any atom is -0.480 e. The van der Waals surface area contributed by atoms with E-state index < -0.39 is 101 Å². The van der Waals surface area contributed by atoms with E-state index in [0.717, 1.165) is 11.8 Å². The summed E-state index contributed by atoms with van der Waals surface area (Å²) in [5.41, 5.74) is -0.583. The number of alkyl halides is 3. The summed E-state index contributed by atoms with van der Waals surface area (Å²) in [7, 11) is 0. The lowest BCUT2D eigenvalue weighted by Gasteiger charge is -2.26. The number of hydrogen-bond acceptors (Lipinski definition) is 11. The number of aromatic amines is 1. The third kappa shape index (κ3) is 18.3. The van der Waals surface area contributed by atoms with Crippen LogP contribution in [0.1, 0.15) is 67.4 Å². The summed E-state index contributed by atoms with van der Waals surface area (Å²) >= 11 is 18.4. The zero-order valence-electron chi connectivity index (χ0n) is 32.9. The van der Waals surface area contributed by atoms with Crippen molar-refractivity contribution < 1.29 is 52.9 Å². The average molecular weight is 882 g/mol. The number of halogens is 3. The van der Waals surface area contributed by atoms with Crippen LogP contribution in [-0.2, 0) is 44.6 Å². The molecule has 2 rings (SSSR count). The van der Waals surface area contributed by atoms with Gasteiger partial charge in [0.15, 0.2) is 0 Å². The summed E-state index contributed by atoms with van der Waals surface area (Å²) in [4.78, 5) is 92.6. The monoisotopic (exact) mass is 880 g/mol. The Labute approximate surface area is 350 Å². The maximum Gasteiger partial charge on any atom is 0.408 e. The lowest BCUT2D eigenvalue weighted by atomic mass is 9.98. The van der Waals surface area contributed by atoms with Gasteiger partial charge in [-0.2, -0.15) is 0 Å². The second kappa shape index (κ2) is 21.6. The number of hydrogen-bond donors (Lipinski definition) is 7. The molecule has 2 aromatic rings. The number of aromatic nitrogens is 1. The van der Waals surface area contributed by atoms with Crippen LogP contribution in [0.2, 0.25) is 0 Å².